The lowest BCUT2D eigenvalue weighted by Crippen LogP contribution is -2.29. The minimum absolute atomic E-state index is 0.0244. The Morgan fingerprint density at radius 3 is 2.81 bits per heavy atom. The number of hydrogen-bond acceptors (Lipinski definition) is 4. The quantitative estimate of drug-likeness (QED) is 0.666. The number of thiocarbonyl (C=S) groups is 1. The first-order chi connectivity index (χ1) is 9.99. The molecule has 1 amide bonds. The maximum absolute atomic E-state index is 13.6. The average molecular weight is 325 g/mol. The number of carbonyl (C=O) groups is 2. The van der Waals surface area contributed by atoms with Gasteiger partial charge >= 0.3 is 5.97 Å². The predicted octanol–water partition coefficient (Wildman–Crippen LogP) is 2.89. The van der Waals surface area contributed by atoms with Gasteiger partial charge in [-0.2, -0.15) is 0 Å². The molecule has 1 N–H and O–H groups in total. The Bertz CT molecular complexity index is 630. The second-order valence-electron chi connectivity index (χ2n) is 4.35. The molecule has 0 unspecified atom stereocenters. The summed E-state index contributed by atoms with van der Waals surface area (Å²) in [5.74, 6) is -1.63. The first-order valence-corrected chi connectivity index (χ1v) is 7.43. The highest BCUT2D eigenvalue weighted by molar-refractivity contribution is 8.26. The number of carboxylic acids is 1. The third kappa shape index (κ3) is 3.89. The molecule has 0 radical (unpaired) electrons. The van der Waals surface area contributed by atoms with Crippen LogP contribution in [0.4, 0.5) is 4.39 Å². The number of carbonyl (C=O) groups excluding carboxylic acids is 1. The molecule has 1 aliphatic heterocycles. The van der Waals surface area contributed by atoms with Crippen LogP contribution in [-0.4, -0.2) is 32.7 Å². The van der Waals surface area contributed by atoms with E-state index in [9.17, 15) is 14.0 Å². The molecule has 0 bridgehead atoms. The third-order valence-corrected chi connectivity index (χ3v) is 4.22. The van der Waals surface area contributed by atoms with E-state index < -0.39 is 11.8 Å². The summed E-state index contributed by atoms with van der Waals surface area (Å²) in [6.45, 7) is 0.256. The van der Waals surface area contributed by atoms with Crippen molar-refractivity contribution < 1.29 is 19.1 Å². The van der Waals surface area contributed by atoms with Gasteiger partial charge in [0.05, 0.1) is 4.91 Å². The van der Waals surface area contributed by atoms with E-state index in [1.807, 2.05) is 0 Å². The van der Waals surface area contributed by atoms with E-state index in [4.69, 9.17) is 17.3 Å². The standard InChI is InChI=1S/C14H12FNO3S2/c15-10-5-2-1-4-9(10)8-11-13(19)16(14(20)21-11)7-3-6-12(17)18/h1-2,4-5,8H,3,6-7H2,(H,17,18)/b11-8+. The van der Waals surface area contributed by atoms with Crippen LogP contribution in [0.2, 0.25) is 0 Å². The molecule has 1 fully saturated rings. The number of rotatable bonds is 5. The van der Waals surface area contributed by atoms with Gasteiger partial charge in [0.15, 0.2) is 0 Å². The molecule has 0 spiro atoms. The first-order valence-electron chi connectivity index (χ1n) is 6.20. The predicted molar refractivity (Wildman–Crippen MR) is 83.1 cm³/mol. The monoisotopic (exact) mass is 325 g/mol. The highest BCUT2D eigenvalue weighted by Crippen LogP contribution is 2.33. The number of aliphatic carboxylic acids is 1. The van der Waals surface area contributed by atoms with Crippen LogP contribution in [0.5, 0.6) is 0 Å². The van der Waals surface area contributed by atoms with Gasteiger partial charge in [0.2, 0.25) is 0 Å². The SMILES string of the molecule is O=C(O)CCCN1C(=O)/C(=C\c2ccccc2F)SC1=S. The average Bonchev–Trinajstić information content (AvgIpc) is 2.68. The molecule has 21 heavy (non-hydrogen) atoms. The second-order valence-corrected chi connectivity index (χ2v) is 6.03. The minimum atomic E-state index is -0.915. The molecule has 0 atom stereocenters. The molecule has 0 aliphatic carbocycles. The lowest BCUT2D eigenvalue weighted by atomic mass is 10.2. The first kappa shape index (κ1) is 15.7. The highest BCUT2D eigenvalue weighted by Gasteiger charge is 2.31. The van der Waals surface area contributed by atoms with Crippen LogP contribution in [0.3, 0.4) is 0 Å². The number of benzene rings is 1. The van der Waals surface area contributed by atoms with Crippen molar-refractivity contribution in [2.24, 2.45) is 0 Å². The fraction of sp³-hybridized carbons (Fsp3) is 0.214. The van der Waals surface area contributed by atoms with Crippen molar-refractivity contribution in [1.29, 1.82) is 0 Å². The largest absolute Gasteiger partial charge is 0.481 e. The zero-order valence-electron chi connectivity index (χ0n) is 10.9. The molecule has 1 aliphatic rings. The minimum Gasteiger partial charge on any atom is -0.481 e. The fourth-order valence-electron chi connectivity index (χ4n) is 1.81. The second kappa shape index (κ2) is 6.82. The molecule has 110 valence electrons. The topological polar surface area (TPSA) is 57.6 Å². The number of thioether (sulfide) groups is 1. The molecule has 0 saturated carbocycles. The molecule has 2 rings (SSSR count). The Kier molecular flexibility index (Phi) is 5.08. The molecule has 1 aromatic rings. The maximum atomic E-state index is 13.6. The molecular formula is C14H12FNO3S2. The van der Waals surface area contributed by atoms with E-state index in [0.717, 1.165) is 11.8 Å². The zero-order chi connectivity index (χ0) is 15.4. The van der Waals surface area contributed by atoms with E-state index in [2.05, 4.69) is 0 Å². The number of hydrogen-bond donors (Lipinski definition) is 1. The van der Waals surface area contributed by atoms with Gasteiger partial charge in [-0.25, -0.2) is 4.39 Å². The number of halogens is 1. The van der Waals surface area contributed by atoms with Gasteiger partial charge in [0.25, 0.3) is 5.91 Å². The lowest BCUT2D eigenvalue weighted by molar-refractivity contribution is -0.137. The van der Waals surface area contributed by atoms with Gasteiger partial charge in [-0.05, 0) is 18.6 Å². The van der Waals surface area contributed by atoms with Crippen LogP contribution >= 0.6 is 24.0 Å². The highest BCUT2D eigenvalue weighted by atomic mass is 32.2. The molecule has 1 aromatic carbocycles. The van der Waals surface area contributed by atoms with Gasteiger partial charge in [0.1, 0.15) is 10.1 Å². The normalized spacial score (nSPS) is 16.8. The van der Waals surface area contributed by atoms with Gasteiger partial charge in [-0.1, -0.05) is 42.2 Å². The van der Waals surface area contributed by atoms with E-state index >= 15 is 0 Å². The van der Waals surface area contributed by atoms with E-state index in [1.54, 1.807) is 18.2 Å². The van der Waals surface area contributed by atoms with Gasteiger partial charge in [-0.3, -0.25) is 14.5 Å². The fourth-order valence-corrected chi connectivity index (χ4v) is 3.11. The summed E-state index contributed by atoms with van der Waals surface area (Å²) >= 11 is 6.21. The van der Waals surface area contributed by atoms with Gasteiger partial charge in [0, 0.05) is 18.5 Å². The van der Waals surface area contributed by atoms with Crippen molar-refractivity contribution in [3.8, 4) is 0 Å². The Hall–Kier alpha value is -1.73. The molecule has 1 saturated heterocycles. The molecule has 7 heteroatoms. The summed E-state index contributed by atoms with van der Waals surface area (Å²) in [7, 11) is 0. The molecule has 1 heterocycles. The van der Waals surface area contributed by atoms with Crippen molar-refractivity contribution in [3.63, 3.8) is 0 Å². The Morgan fingerprint density at radius 1 is 1.43 bits per heavy atom. The Labute approximate surface area is 130 Å². The van der Waals surface area contributed by atoms with Crippen LogP contribution in [0.25, 0.3) is 6.08 Å². The van der Waals surface area contributed by atoms with Gasteiger partial charge in [-0.15, -0.1) is 0 Å². The molecule has 0 aromatic heterocycles. The van der Waals surface area contributed by atoms with Gasteiger partial charge < -0.3 is 5.11 Å². The number of amides is 1. The van der Waals surface area contributed by atoms with Crippen LogP contribution in [-0.2, 0) is 9.59 Å². The van der Waals surface area contributed by atoms with E-state index in [1.165, 1.54) is 17.0 Å². The van der Waals surface area contributed by atoms with Crippen molar-refractivity contribution in [1.82, 2.24) is 4.90 Å². The summed E-state index contributed by atoms with van der Waals surface area (Å²) in [4.78, 5) is 24.4. The summed E-state index contributed by atoms with van der Waals surface area (Å²) < 4.78 is 13.9. The Morgan fingerprint density at radius 2 is 2.14 bits per heavy atom. The molecule has 4 nitrogen and oxygen atoms in total. The zero-order valence-corrected chi connectivity index (χ0v) is 12.5. The van der Waals surface area contributed by atoms with E-state index in [0.29, 0.717) is 21.2 Å². The van der Waals surface area contributed by atoms with Crippen LogP contribution in [0.15, 0.2) is 29.2 Å². The smallest absolute Gasteiger partial charge is 0.303 e. The van der Waals surface area contributed by atoms with Crippen molar-refractivity contribution >= 4 is 46.3 Å². The van der Waals surface area contributed by atoms with Crippen LogP contribution < -0.4 is 0 Å². The van der Waals surface area contributed by atoms with Crippen LogP contribution in [0, 0.1) is 5.82 Å². The van der Waals surface area contributed by atoms with Crippen molar-refractivity contribution in [2.45, 2.75) is 12.8 Å². The summed E-state index contributed by atoms with van der Waals surface area (Å²) in [6, 6.07) is 6.15. The Balaban J connectivity index is 2.11. The summed E-state index contributed by atoms with van der Waals surface area (Å²) in [6.07, 6.45) is 1.77. The van der Waals surface area contributed by atoms with Crippen molar-refractivity contribution in [3.05, 3.63) is 40.6 Å². The summed E-state index contributed by atoms with van der Waals surface area (Å²) in [5.41, 5.74) is 0.323. The van der Waals surface area contributed by atoms with E-state index in [-0.39, 0.29) is 18.9 Å². The van der Waals surface area contributed by atoms with Crippen LogP contribution in [0.1, 0.15) is 18.4 Å². The number of nitrogens with zero attached hydrogens (tertiary/aromatic N) is 1. The third-order valence-electron chi connectivity index (χ3n) is 2.84. The molecular weight excluding hydrogens is 313 g/mol. The number of carboxylic acid groups (broad SMARTS) is 1. The lowest BCUT2D eigenvalue weighted by Gasteiger charge is -2.13. The maximum Gasteiger partial charge on any atom is 0.303 e. The summed E-state index contributed by atoms with van der Waals surface area (Å²) in [5, 5.41) is 8.60. The van der Waals surface area contributed by atoms with Crippen molar-refractivity contribution in [2.75, 3.05) is 6.54 Å².